The van der Waals surface area contributed by atoms with Gasteiger partial charge in [-0.2, -0.15) is 0 Å². The zero-order valence-corrected chi connectivity index (χ0v) is 11.8. The second-order valence-corrected chi connectivity index (χ2v) is 4.98. The van der Waals surface area contributed by atoms with Gasteiger partial charge in [0.15, 0.2) is 11.7 Å². The number of rotatable bonds is 5. The quantitative estimate of drug-likeness (QED) is 0.289. The topological polar surface area (TPSA) is 154 Å². The molecule has 5 N–H and O–H groups in total. The third-order valence-electron chi connectivity index (χ3n) is 3.46. The van der Waals surface area contributed by atoms with Gasteiger partial charge in [-0.15, -0.1) is 0 Å². The molecule has 122 valence electrons. The Labute approximate surface area is 120 Å². The molecule has 0 radical (unpaired) electrons. The van der Waals surface area contributed by atoms with Gasteiger partial charge in [0.25, 0.3) is 0 Å². The highest BCUT2D eigenvalue weighted by Gasteiger charge is 2.63. The lowest BCUT2D eigenvalue weighted by Crippen LogP contribution is -2.59. The van der Waals surface area contributed by atoms with Crippen LogP contribution in [0, 0.1) is 0 Å². The van der Waals surface area contributed by atoms with E-state index >= 15 is 0 Å². The third kappa shape index (κ3) is 3.01. The van der Waals surface area contributed by atoms with E-state index in [2.05, 4.69) is 9.47 Å². The average molecular weight is 308 g/mol. The SMILES string of the molecule is CCCCC1(C(O)(O)O)OC(=O)C(O)C(O)(CC)C(=O)O1. The zero-order chi connectivity index (χ0) is 16.5. The molecule has 1 fully saturated rings. The minimum atomic E-state index is -3.69. The van der Waals surface area contributed by atoms with E-state index in [1.54, 1.807) is 6.92 Å². The highest BCUT2D eigenvalue weighted by atomic mass is 16.8. The van der Waals surface area contributed by atoms with Crippen LogP contribution in [-0.4, -0.2) is 60.9 Å². The van der Waals surface area contributed by atoms with E-state index in [0.717, 1.165) is 0 Å². The van der Waals surface area contributed by atoms with Crippen molar-refractivity contribution in [2.24, 2.45) is 0 Å². The number of aliphatic hydroxyl groups is 5. The standard InChI is InChI=1S/C12H20O9/c1-3-5-6-11(12(17,18)19)20-8(14)7(13)10(16,4-2)9(15)21-11/h7,13,16-19H,3-6H2,1-2H3. The second kappa shape index (κ2) is 5.85. The summed E-state index contributed by atoms with van der Waals surface area (Å²) in [7, 11) is 0. The molecular weight excluding hydrogens is 288 g/mol. The predicted octanol–water partition coefficient (Wildman–Crippen LogP) is -1.89. The first-order valence-corrected chi connectivity index (χ1v) is 6.58. The molecule has 21 heavy (non-hydrogen) atoms. The monoisotopic (exact) mass is 308 g/mol. The fourth-order valence-corrected chi connectivity index (χ4v) is 1.94. The fourth-order valence-electron chi connectivity index (χ4n) is 1.94. The lowest BCUT2D eigenvalue weighted by atomic mass is 9.94. The second-order valence-electron chi connectivity index (χ2n) is 4.98. The molecule has 9 nitrogen and oxygen atoms in total. The number of ether oxygens (including phenoxy) is 2. The summed E-state index contributed by atoms with van der Waals surface area (Å²) in [6.45, 7) is 3.03. The number of esters is 2. The van der Waals surface area contributed by atoms with Crippen molar-refractivity contribution in [2.45, 2.75) is 63.0 Å². The van der Waals surface area contributed by atoms with Gasteiger partial charge in [0.05, 0.1) is 0 Å². The summed E-state index contributed by atoms with van der Waals surface area (Å²) in [6.07, 6.45) is -2.41. The number of hydrogen-bond donors (Lipinski definition) is 5. The number of carbonyl (C=O) groups is 2. The van der Waals surface area contributed by atoms with Crippen LogP contribution in [0.1, 0.15) is 39.5 Å². The van der Waals surface area contributed by atoms with Gasteiger partial charge in [-0.05, 0) is 12.8 Å². The largest absolute Gasteiger partial charge is 0.412 e. The van der Waals surface area contributed by atoms with Gasteiger partial charge in [-0.1, -0.05) is 20.3 Å². The van der Waals surface area contributed by atoms with E-state index in [0.29, 0.717) is 6.42 Å². The zero-order valence-electron chi connectivity index (χ0n) is 11.8. The summed E-state index contributed by atoms with van der Waals surface area (Å²) in [5, 5.41) is 47.9. The Hall–Kier alpha value is -1.26. The first kappa shape index (κ1) is 17.8. The molecule has 0 aromatic rings. The molecule has 0 saturated carbocycles. The summed E-state index contributed by atoms with van der Waals surface area (Å²) in [4.78, 5) is 23.7. The summed E-state index contributed by atoms with van der Waals surface area (Å²) < 4.78 is 9.27. The third-order valence-corrected chi connectivity index (χ3v) is 3.46. The fraction of sp³-hybridized carbons (Fsp3) is 0.833. The molecule has 0 bridgehead atoms. The van der Waals surface area contributed by atoms with Crippen LogP contribution < -0.4 is 0 Å². The van der Waals surface area contributed by atoms with Gasteiger partial charge in [0.1, 0.15) is 0 Å². The van der Waals surface area contributed by atoms with Crippen molar-refractivity contribution >= 4 is 11.9 Å². The van der Waals surface area contributed by atoms with E-state index in [1.807, 2.05) is 0 Å². The number of unbranched alkanes of at least 4 members (excludes halogenated alkanes) is 1. The molecule has 1 saturated heterocycles. The first-order chi connectivity index (χ1) is 9.54. The van der Waals surface area contributed by atoms with Gasteiger partial charge in [-0.25, -0.2) is 9.59 Å². The lowest BCUT2D eigenvalue weighted by molar-refractivity contribution is -0.445. The minimum Gasteiger partial charge on any atom is -0.412 e. The molecule has 3 unspecified atom stereocenters. The van der Waals surface area contributed by atoms with Crippen LogP contribution >= 0.6 is 0 Å². The van der Waals surface area contributed by atoms with E-state index in [9.17, 15) is 35.1 Å². The van der Waals surface area contributed by atoms with Crippen LogP contribution in [0.15, 0.2) is 0 Å². The number of carbonyl (C=O) groups excluding carboxylic acids is 2. The summed E-state index contributed by atoms with van der Waals surface area (Å²) in [5.41, 5.74) is -2.60. The molecule has 1 rings (SSSR count). The molecule has 1 aliphatic heterocycles. The molecule has 1 aliphatic rings. The van der Waals surface area contributed by atoms with Crippen LogP contribution in [0.3, 0.4) is 0 Å². The Morgan fingerprint density at radius 2 is 1.76 bits per heavy atom. The number of cyclic esters (lactones) is 2. The Kier molecular flexibility index (Phi) is 4.96. The van der Waals surface area contributed by atoms with Crippen molar-refractivity contribution in [3.05, 3.63) is 0 Å². The average Bonchev–Trinajstić information content (AvgIpc) is 2.47. The molecule has 0 aliphatic carbocycles. The van der Waals surface area contributed by atoms with Gasteiger partial charge in [0, 0.05) is 6.42 Å². The van der Waals surface area contributed by atoms with Crippen molar-refractivity contribution in [1.82, 2.24) is 0 Å². The van der Waals surface area contributed by atoms with E-state index in [1.165, 1.54) is 6.92 Å². The Morgan fingerprint density at radius 3 is 2.19 bits per heavy atom. The molecule has 1 heterocycles. The Balaban J connectivity index is 3.30. The van der Waals surface area contributed by atoms with Crippen LogP contribution in [0.2, 0.25) is 0 Å². The minimum absolute atomic E-state index is 0.199. The van der Waals surface area contributed by atoms with E-state index in [4.69, 9.17) is 0 Å². The summed E-state index contributed by atoms with van der Waals surface area (Å²) >= 11 is 0. The first-order valence-electron chi connectivity index (χ1n) is 6.58. The molecular formula is C12H20O9. The van der Waals surface area contributed by atoms with Gasteiger partial charge < -0.3 is 35.0 Å². The molecule has 3 atom stereocenters. The highest BCUT2D eigenvalue weighted by Crippen LogP contribution is 2.36. The van der Waals surface area contributed by atoms with Crippen LogP contribution in [0.25, 0.3) is 0 Å². The van der Waals surface area contributed by atoms with Crippen molar-refractivity contribution in [3.8, 4) is 0 Å². The van der Waals surface area contributed by atoms with E-state index in [-0.39, 0.29) is 12.8 Å². The van der Waals surface area contributed by atoms with Crippen LogP contribution in [0.4, 0.5) is 0 Å². The number of aliphatic hydroxyl groups excluding tert-OH is 1. The maximum absolute atomic E-state index is 12.0. The molecule has 0 spiro atoms. The van der Waals surface area contributed by atoms with Crippen molar-refractivity contribution in [1.29, 1.82) is 0 Å². The molecule has 0 aromatic heterocycles. The maximum Gasteiger partial charge on any atom is 0.357 e. The van der Waals surface area contributed by atoms with Crippen LogP contribution in [-0.2, 0) is 19.1 Å². The smallest absolute Gasteiger partial charge is 0.357 e. The summed E-state index contributed by atoms with van der Waals surface area (Å²) in [6, 6.07) is 0. The molecule has 9 heteroatoms. The maximum atomic E-state index is 12.0. The van der Waals surface area contributed by atoms with Gasteiger partial charge in [-0.3, -0.25) is 0 Å². The number of hydrogen-bond acceptors (Lipinski definition) is 9. The summed E-state index contributed by atoms with van der Waals surface area (Å²) in [5.74, 6) is -9.52. The van der Waals surface area contributed by atoms with Crippen molar-refractivity contribution in [3.63, 3.8) is 0 Å². The Morgan fingerprint density at radius 1 is 1.19 bits per heavy atom. The normalized spacial score (nSPS) is 34.1. The van der Waals surface area contributed by atoms with Crippen LogP contribution in [0.5, 0.6) is 0 Å². The van der Waals surface area contributed by atoms with Crippen molar-refractivity contribution < 1.29 is 44.6 Å². The van der Waals surface area contributed by atoms with Gasteiger partial charge >= 0.3 is 23.7 Å². The molecule has 0 aromatic carbocycles. The van der Waals surface area contributed by atoms with Gasteiger partial charge in [0.2, 0.25) is 0 Å². The predicted molar refractivity (Wildman–Crippen MR) is 65.1 cm³/mol. The lowest BCUT2D eigenvalue weighted by Gasteiger charge is -2.36. The Bertz CT molecular complexity index is 415. The highest BCUT2D eigenvalue weighted by molar-refractivity contribution is 5.90. The van der Waals surface area contributed by atoms with Crippen molar-refractivity contribution in [2.75, 3.05) is 0 Å². The molecule has 0 amide bonds. The van der Waals surface area contributed by atoms with E-state index < -0.39 is 41.8 Å².